The van der Waals surface area contributed by atoms with Crippen LogP contribution in [-0.2, 0) is 9.73 Å². The van der Waals surface area contributed by atoms with E-state index in [2.05, 4.69) is 15.5 Å². The molecule has 0 bridgehead atoms. The lowest BCUT2D eigenvalue weighted by molar-refractivity contribution is 0.364. The predicted molar refractivity (Wildman–Crippen MR) is 138 cm³/mol. The van der Waals surface area contributed by atoms with Crippen LogP contribution < -0.4 is 11.0 Å². The van der Waals surface area contributed by atoms with Crippen molar-refractivity contribution >= 4 is 31.3 Å². The summed E-state index contributed by atoms with van der Waals surface area (Å²) in [6, 6.07) is 12.9. The first-order chi connectivity index (χ1) is 17.6. The molecule has 5 rings (SSSR count). The molecule has 4 aromatic rings. The molecule has 1 unspecified atom stereocenters. The van der Waals surface area contributed by atoms with Gasteiger partial charge in [0.2, 0.25) is 0 Å². The molecular formula is C24H24F5N5O2S2. The molecule has 2 aromatic carbocycles. The van der Waals surface area contributed by atoms with Crippen molar-refractivity contribution in [1.29, 1.82) is 4.78 Å². The van der Waals surface area contributed by atoms with E-state index in [0.717, 1.165) is 23.3 Å². The Morgan fingerprint density at radius 2 is 1.50 bits per heavy atom. The summed E-state index contributed by atoms with van der Waals surface area (Å²) >= 11 is 0. The zero-order chi connectivity index (χ0) is 27.4. The molecule has 1 aliphatic rings. The molecule has 1 atom stereocenters. The molecule has 0 aliphatic heterocycles. The van der Waals surface area contributed by atoms with E-state index < -0.39 is 30.1 Å². The molecule has 2 aromatic heterocycles. The molecule has 204 valence electrons. The summed E-state index contributed by atoms with van der Waals surface area (Å²) in [6.07, 6.45) is 3.63. The van der Waals surface area contributed by atoms with Crippen LogP contribution in [0.3, 0.4) is 0 Å². The summed E-state index contributed by atoms with van der Waals surface area (Å²) in [6.45, 7) is 0. The van der Waals surface area contributed by atoms with Gasteiger partial charge in [-0.2, -0.15) is 5.10 Å². The highest BCUT2D eigenvalue weighted by Gasteiger charge is 2.65. The van der Waals surface area contributed by atoms with E-state index in [1.54, 1.807) is 42.6 Å². The monoisotopic (exact) mass is 573 g/mol. The Kier molecular flexibility index (Phi) is 5.73. The maximum absolute atomic E-state index is 13.4. The van der Waals surface area contributed by atoms with Crippen molar-refractivity contribution in [2.24, 2.45) is 0 Å². The predicted octanol–water partition coefficient (Wildman–Crippen LogP) is 7.18. The van der Waals surface area contributed by atoms with E-state index in [9.17, 15) is 28.4 Å². The lowest BCUT2D eigenvalue weighted by Gasteiger charge is -2.40. The van der Waals surface area contributed by atoms with Crippen molar-refractivity contribution in [2.75, 3.05) is 5.32 Å². The van der Waals surface area contributed by atoms with Crippen LogP contribution in [0, 0.1) is 4.78 Å². The number of rotatable bonds is 6. The van der Waals surface area contributed by atoms with Crippen molar-refractivity contribution in [2.45, 2.75) is 46.8 Å². The molecule has 3 N–H and O–H groups in total. The molecule has 0 radical (unpaired) electrons. The van der Waals surface area contributed by atoms with Crippen molar-refractivity contribution in [3.63, 3.8) is 0 Å². The summed E-state index contributed by atoms with van der Waals surface area (Å²) in [4.78, 5) is 10.3. The molecule has 0 amide bonds. The number of halogens is 5. The zero-order valence-corrected chi connectivity index (χ0v) is 21.4. The largest absolute Gasteiger partial charge is 0.382 e. The summed E-state index contributed by atoms with van der Waals surface area (Å²) < 4.78 is 88.1. The number of aromatic amines is 1. The molecule has 1 saturated carbocycles. The highest BCUT2D eigenvalue weighted by atomic mass is 32.5. The SMILES string of the molecule is N=S(=O)(c1ccc(-c2ccc3n[nH]c(=O)n3c2)cc1)C1CCC(Nc2ccc(S(F)(F)(F)(F)F)cc2)CC1. The fraction of sp³-hybridized carbons (Fsp3) is 0.250. The molecular weight excluding hydrogens is 549 g/mol. The Hall–Kier alpha value is -3.39. The molecule has 1 aliphatic carbocycles. The first-order valence-electron chi connectivity index (χ1n) is 11.7. The van der Waals surface area contributed by atoms with Gasteiger partial charge in [-0.25, -0.2) is 23.3 Å². The Labute approximate surface area is 214 Å². The third-order valence-electron chi connectivity index (χ3n) is 6.76. The topological polar surface area (TPSA) is 103 Å². The van der Waals surface area contributed by atoms with Gasteiger partial charge in [-0.1, -0.05) is 31.6 Å². The maximum atomic E-state index is 13.4. The molecule has 1 fully saturated rings. The third kappa shape index (κ3) is 5.27. The van der Waals surface area contributed by atoms with Crippen LogP contribution in [0.1, 0.15) is 25.7 Å². The number of H-pyrrole nitrogens is 1. The van der Waals surface area contributed by atoms with Gasteiger partial charge in [0, 0.05) is 28.1 Å². The number of fused-ring (bicyclic) bond motifs is 1. The minimum Gasteiger partial charge on any atom is -0.382 e. The van der Waals surface area contributed by atoms with Crippen LogP contribution in [0.4, 0.5) is 25.1 Å². The second-order valence-corrected chi connectivity index (χ2v) is 14.2. The van der Waals surface area contributed by atoms with Gasteiger partial charge in [0.25, 0.3) is 0 Å². The van der Waals surface area contributed by atoms with Crippen LogP contribution >= 0.6 is 10.2 Å². The van der Waals surface area contributed by atoms with Crippen LogP contribution in [-0.4, -0.2) is 30.1 Å². The van der Waals surface area contributed by atoms with Crippen molar-refractivity contribution in [1.82, 2.24) is 14.6 Å². The Morgan fingerprint density at radius 1 is 0.895 bits per heavy atom. The van der Waals surface area contributed by atoms with Crippen LogP contribution in [0.2, 0.25) is 0 Å². The van der Waals surface area contributed by atoms with Gasteiger partial charge in [-0.05, 0) is 85.3 Å². The standard InChI is InChI=1S/C24H24F5N5O2S2/c25-38(26,27,28,29)22-12-6-19(7-13-22)31-18-4-10-21(11-5-18)37(30,36)20-8-1-16(2-9-20)17-3-14-23-32-33-24(35)34(23)15-17/h1-3,6-9,12-15,18,21,30-31H,4-5,10-11H2,(H,33,35). The maximum Gasteiger partial charge on any atom is 0.347 e. The summed E-state index contributed by atoms with van der Waals surface area (Å²) in [7, 11) is -12.8. The average molecular weight is 574 g/mol. The lowest BCUT2D eigenvalue weighted by Crippen LogP contribution is -2.32. The van der Waals surface area contributed by atoms with Gasteiger partial charge in [-0.15, -0.1) is 0 Å². The highest BCUT2D eigenvalue weighted by Crippen LogP contribution is 3.02. The summed E-state index contributed by atoms with van der Waals surface area (Å²) in [5.74, 6) is 0. The molecule has 7 nitrogen and oxygen atoms in total. The van der Waals surface area contributed by atoms with Crippen molar-refractivity contribution in [3.8, 4) is 11.1 Å². The average Bonchev–Trinajstić information content (AvgIpc) is 3.23. The quantitative estimate of drug-likeness (QED) is 0.213. The first-order valence-corrected chi connectivity index (χ1v) is 15.2. The van der Waals surface area contributed by atoms with Gasteiger partial charge >= 0.3 is 15.9 Å². The number of aromatic nitrogens is 3. The first kappa shape index (κ1) is 26.2. The normalized spacial score (nSPS) is 21.8. The van der Waals surface area contributed by atoms with E-state index >= 15 is 0 Å². The number of pyridine rings is 1. The van der Waals surface area contributed by atoms with Gasteiger partial charge in [-0.3, -0.25) is 0 Å². The smallest absolute Gasteiger partial charge is 0.347 e. The van der Waals surface area contributed by atoms with E-state index in [4.69, 9.17) is 4.78 Å². The lowest BCUT2D eigenvalue weighted by atomic mass is 9.95. The second kappa shape index (κ2) is 8.30. The number of anilines is 1. The van der Waals surface area contributed by atoms with E-state index in [-0.39, 0.29) is 17.4 Å². The molecule has 0 saturated heterocycles. The summed E-state index contributed by atoms with van der Waals surface area (Å²) in [5.41, 5.74) is 1.94. The van der Waals surface area contributed by atoms with Crippen molar-refractivity contribution < 1.29 is 23.6 Å². The molecule has 2 heterocycles. The van der Waals surface area contributed by atoms with Gasteiger partial charge < -0.3 is 5.32 Å². The van der Waals surface area contributed by atoms with Gasteiger partial charge in [0.05, 0.1) is 9.73 Å². The van der Waals surface area contributed by atoms with E-state index in [1.165, 1.54) is 4.40 Å². The highest BCUT2D eigenvalue weighted by molar-refractivity contribution is 8.45. The fourth-order valence-electron chi connectivity index (χ4n) is 4.70. The third-order valence-corrected chi connectivity index (χ3v) is 10.3. The van der Waals surface area contributed by atoms with Crippen molar-refractivity contribution in [3.05, 3.63) is 77.3 Å². The Balaban J connectivity index is 1.23. The second-order valence-electron chi connectivity index (χ2n) is 9.41. The number of benzene rings is 2. The summed E-state index contributed by atoms with van der Waals surface area (Å²) in [5, 5.41) is 8.91. The van der Waals surface area contributed by atoms with E-state index in [0.29, 0.717) is 48.4 Å². The Bertz CT molecular complexity index is 1660. The number of hydrogen-bond acceptors (Lipinski definition) is 5. The van der Waals surface area contributed by atoms with Crippen LogP contribution in [0.15, 0.2) is 81.4 Å². The minimum atomic E-state index is -9.71. The van der Waals surface area contributed by atoms with Gasteiger partial charge in [0.1, 0.15) is 4.90 Å². The van der Waals surface area contributed by atoms with Gasteiger partial charge in [0.15, 0.2) is 5.65 Å². The molecule has 14 heteroatoms. The van der Waals surface area contributed by atoms with Crippen LogP contribution in [0.25, 0.3) is 16.8 Å². The number of hydrogen-bond donors (Lipinski definition) is 3. The van der Waals surface area contributed by atoms with Crippen LogP contribution in [0.5, 0.6) is 0 Å². The minimum absolute atomic E-state index is 0.143. The number of nitrogens with zero attached hydrogens (tertiary/aromatic N) is 2. The fourth-order valence-corrected chi connectivity index (χ4v) is 7.21. The van der Waals surface area contributed by atoms with E-state index in [1.807, 2.05) is 0 Å². The number of nitrogens with one attached hydrogen (secondary N) is 3. The molecule has 38 heavy (non-hydrogen) atoms. The zero-order valence-electron chi connectivity index (χ0n) is 19.8. The Morgan fingerprint density at radius 3 is 2.11 bits per heavy atom. The molecule has 0 spiro atoms.